The Morgan fingerprint density at radius 3 is 2.32 bits per heavy atom. The first-order valence-electron chi connectivity index (χ1n) is 10.0. The van der Waals surface area contributed by atoms with Crippen LogP contribution in [0.3, 0.4) is 0 Å². The summed E-state index contributed by atoms with van der Waals surface area (Å²) in [5, 5.41) is 1.02. The maximum atomic E-state index is 13.2. The van der Waals surface area contributed by atoms with Gasteiger partial charge in [-0.3, -0.25) is 9.69 Å². The van der Waals surface area contributed by atoms with Gasteiger partial charge in [-0.1, -0.05) is 36.7 Å². The maximum Gasteiger partial charge on any atom is 0.387 e. The Hall–Kier alpha value is -2.87. The molecule has 4 rings (SSSR count). The summed E-state index contributed by atoms with van der Waals surface area (Å²) in [4.78, 5) is 19.4. The van der Waals surface area contributed by atoms with Crippen molar-refractivity contribution < 1.29 is 23.0 Å². The number of rotatable bonds is 6. The molecule has 0 unspecified atom stereocenters. The molecule has 1 saturated carbocycles. The van der Waals surface area contributed by atoms with Gasteiger partial charge in [-0.15, -0.1) is 0 Å². The quantitative estimate of drug-likeness (QED) is 0.535. The number of thioether (sulfide) groups is 1. The predicted molar refractivity (Wildman–Crippen MR) is 119 cm³/mol. The number of amides is 1. The molecule has 0 atom stereocenters. The standard InChI is InChI=1S/C23H22F2N2O3S/c1-29-17-10-6-15(7-11-17)14-20-21(28)27(23(26-20)31-19-4-2-3-5-19)16-8-12-18(13-9-16)30-22(24)25/h6-14,19,22H,2-5H2,1H3/b20-14-. The van der Waals surface area contributed by atoms with E-state index in [2.05, 4.69) is 9.73 Å². The van der Waals surface area contributed by atoms with Crippen molar-refractivity contribution in [1.82, 2.24) is 0 Å². The number of amidine groups is 1. The molecule has 1 amide bonds. The number of carbonyl (C=O) groups excluding carboxylic acids is 1. The summed E-state index contributed by atoms with van der Waals surface area (Å²) in [6.07, 6.45) is 6.26. The fraction of sp³-hybridized carbons (Fsp3) is 0.304. The molecule has 2 aromatic carbocycles. The Labute approximate surface area is 183 Å². The summed E-state index contributed by atoms with van der Waals surface area (Å²) >= 11 is 1.60. The number of hydrogen-bond donors (Lipinski definition) is 0. The first-order chi connectivity index (χ1) is 15.0. The lowest BCUT2D eigenvalue weighted by molar-refractivity contribution is -0.113. The minimum atomic E-state index is -2.90. The Morgan fingerprint density at radius 2 is 1.71 bits per heavy atom. The molecule has 2 aliphatic rings. The van der Waals surface area contributed by atoms with Crippen molar-refractivity contribution in [2.24, 2.45) is 4.99 Å². The third kappa shape index (κ3) is 5.07. The van der Waals surface area contributed by atoms with Crippen LogP contribution in [0.2, 0.25) is 0 Å². The summed E-state index contributed by atoms with van der Waals surface area (Å²) in [6.45, 7) is -2.90. The third-order valence-corrected chi connectivity index (χ3v) is 6.43. The van der Waals surface area contributed by atoms with E-state index >= 15 is 0 Å². The van der Waals surface area contributed by atoms with Crippen molar-refractivity contribution in [2.75, 3.05) is 12.0 Å². The van der Waals surface area contributed by atoms with E-state index in [1.54, 1.807) is 42.0 Å². The molecule has 1 aliphatic carbocycles. The number of halogens is 2. The zero-order valence-electron chi connectivity index (χ0n) is 17.0. The maximum absolute atomic E-state index is 13.2. The molecule has 1 fully saturated rings. The largest absolute Gasteiger partial charge is 0.497 e. The SMILES string of the molecule is COc1ccc(/C=C2\N=C(SC3CCCC3)N(c3ccc(OC(F)F)cc3)C2=O)cc1. The topological polar surface area (TPSA) is 51.1 Å². The summed E-state index contributed by atoms with van der Waals surface area (Å²) in [5.74, 6) is 0.522. The van der Waals surface area contributed by atoms with Crippen molar-refractivity contribution in [3.63, 3.8) is 0 Å². The number of ether oxygens (including phenoxy) is 2. The monoisotopic (exact) mass is 444 g/mol. The smallest absolute Gasteiger partial charge is 0.387 e. The molecular formula is C23H22F2N2O3S. The minimum Gasteiger partial charge on any atom is -0.497 e. The van der Waals surface area contributed by atoms with Gasteiger partial charge in [0.25, 0.3) is 5.91 Å². The number of aliphatic imine (C=N–C) groups is 1. The van der Waals surface area contributed by atoms with Crippen LogP contribution in [0.15, 0.2) is 59.2 Å². The van der Waals surface area contributed by atoms with Gasteiger partial charge in [0.1, 0.15) is 17.2 Å². The van der Waals surface area contributed by atoms with Crippen LogP contribution in [0.25, 0.3) is 6.08 Å². The van der Waals surface area contributed by atoms with Gasteiger partial charge < -0.3 is 9.47 Å². The van der Waals surface area contributed by atoms with Crippen LogP contribution in [0, 0.1) is 0 Å². The first kappa shape index (κ1) is 21.4. The molecule has 1 heterocycles. The van der Waals surface area contributed by atoms with Crippen molar-refractivity contribution >= 4 is 34.6 Å². The van der Waals surface area contributed by atoms with Crippen LogP contribution in [0.5, 0.6) is 11.5 Å². The molecular weight excluding hydrogens is 422 g/mol. The van der Waals surface area contributed by atoms with E-state index in [9.17, 15) is 13.6 Å². The number of hydrogen-bond acceptors (Lipinski definition) is 5. The van der Waals surface area contributed by atoms with Crippen molar-refractivity contribution in [1.29, 1.82) is 0 Å². The van der Waals surface area contributed by atoms with Gasteiger partial charge in [-0.25, -0.2) is 4.99 Å². The molecule has 31 heavy (non-hydrogen) atoms. The number of anilines is 1. The molecule has 2 aromatic rings. The van der Waals surface area contributed by atoms with E-state index in [-0.39, 0.29) is 11.7 Å². The van der Waals surface area contributed by atoms with Crippen LogP contribution in [0.1, 0.15) is 31.2 Å². The molecule has 8 heteroatoms. The Kier molecular flexibility index (Phi) is 6.56. The zero-order chi connectivity index (χ0) is 21.8. The number of nitrogens with zero attached hydrogens (tertiary/aromatic N) is 2. The molecule has 162 valence electrons. The fourth-order valence-corrected chi connectivity index (χ4v) is 4.90. The predicted octanol–water partition coefficient (Wildman–Crippen LogP) is 5.72. The molecule has 0 radical (unpaired) electrons. The number of methoxy groups -OCH3 is 1. The van der Waals surface area contributed by atoms with Crippen molar-refractivity contribution in [3.05, 3.63) is 59.8 Å². The minimum absolute atomic E-state index is 0.0429. The second-order valence-corrected chi connectivity index (χ2v) is 8.50. The lowest BCUT2D eigenvalue weighted by Crippen LogP contribution is -2.31. The highest BCUT2D eigenvalue weighted by molar-refractivity contribution is 8.14. The molecule has 0 spiro atoms. The highest BCUT2D eigenvalue weighted by Gasteiger charge is 2.34. The highest BCUT2D eigenvalue weighted by Crippen LogP contribution is 2.37. The molecule has 0 bridgehead atoms. The van der Waals surface area contributed by atoms with Gasteiger partial charge in [-0.05, 0) is 60.9 Å². The average molecular weight is 445 g/mol. The highest BCUT2D eigenvalue weighted by atomic mass is 32.2. The number of alkyl halides is 2. The fourth-order valence-electron chi connectivity index (χ4n) is 3.59. The average Bonchev–Trinajstić information content (AvgIpc) is 3.37. The Bertz CT molecular complexity index is 985. The lowest BCUT2D eigenvalue weighted by atomic mass is 10.2. The zero-order valence-corrected chi connectivity index (χ0v) is 17.8. The van der Waals surface area contributed by atoms with E-state index in [1.807, 2.05) is 24.3 Å². The third-order valence-electron chi connectivity index (χ3n) is 5.14. The van der Waals surface area contributed by atoms with E-state index in [0.717, 1.165) is 24.2 Å². The van der Waals surface area contributed by atoms with Crippen LogP contribution < -0.4 is 14.4 Å². The van der Waals surface area contributed by atoms with Crippen LogP contribution in [-0.2, 0) is 4.79 Å². The van der Waals surface area contributed by atoms with Gasteiger partial charge in [-0.2, -0.15) is 8.78 Å². The molecule has 0 N–H and O–H groups in total. The van der Waals surface area contributed by atoms with Gasteiger partial charge in [0, 0.05) is 5.25 Å². The molecule has 5 nitrogen and oxygen atoms in total. The second-order valence-electron chi connectivity index (χ2n) is 7.23. The van der Waals surface area contributed by atoms with E-state index in [4.69, 9.17) is 4.74 Å². The molecule has 0 saturated heterocycles. The summed E-state index contributed by atoms with van der Waals surface area (Å²) in [6, 6.07) is 13.4. The number of benzene rings is 2. The summed E-state index contributed by atoms with van der Waals surface area (Å²) in [7, 11) is 1.60. The summed E-state index contributed by atoms with van der Waals surface area (Å²) in [5.41, 5.74) is 1.73. The van der Waals surface area contributed by atoms with Gasteiger partial charge >= 0.3 is 6.61 Å². The van der Waals surface area contributed by atoms with Crippen molar-refractivity contribution in [2.45, 2.75) is 37.5 Å². The van der Waals surface area contributed by atoms with E-state index in [1.165, 1.54) is 25.0 Å². The van der Waals surface area contributed by atoms with E-state index in [0.29, 0.717) is 21.8 Å². The molecule has 1 aliphatic heterocycles. The number of carbonyl (C=O) groups is 1. The first-order valence-corrected chi connectivity index (χ1v) is 10.9. The van der Waals surface area contributed by atoms with Gasteiger partial charge in [0.05, 0.1) is 12.8 Å². The van der Waals surface area contributed by atoms with Crippen LogP contribution in [-0.4, -0.2) is 30.0 Å². The normalized spacial score (nSPS) is 18.2. The Morgan fingerprint density at radius 1 is 1.06 bits per heavy atom. The molecule has 0 aromatic heterocycles. The Balaban J connectivity index is 1.63. The van der Waals surface area contributed by atoms with E-state index < -0.39 is 6.61 Å². The summed E-state index contributed by atoms with van der Waals surface area (Å²) < 4.78 is 34.5. The second kappa shape index (κ2) is 9.51. The van der Waals surface area contributed by atoms with Gasteiger partial charge in [0.2, 0.25) is 0 Å². The van der Waals surface area contributed by atoms with Crippen LogP contribution in [0.4, 0.5) is 14.5 Å². The van der Waals surface area contributed by atoms with Crippen molar-refractivity contribution in [3.8, 4) is 11.5 Å². The lowest BCUT2D eigenvalue weighted by Gasteiger charge is -2.20. The van der Waals surface area contributed by atoms with Crippen LogP contribution >= 0.6 is 11.8 Å². The van der Waals surface area contributed by atoms with Gasteiger partial charge in [0.15, 0.2) is 5.17 Å².